The number of aromatic hydroxyl groups is 1. The van der Waals surface area contributed by atoms with E-state index in [1.54, 1.807) is 68.7 Å². The Kier molecular flexibility index (Phi) is 8.63. The van der Waals surface area contributed by atoms with Crippen molar-refractivity contribution in [2.45, 2.75) is 45.1 Å². The predicted molar refractivity (Wildman–Crippen MR) is 159 cm³/mol. The number of halogens is 1. The van der Waals surface area contributed by atoms with E-state index >= 15 is 0 Å². The summed E-state index contributed by atoms with van der Waals surface area (Å²) in [5.41, 5.74) is 2.02. The molecule has 9 heteroatoms. The van der Waals surface area contributed by atoms with Gasteiger partial charge in [-0.05, 0) is 65.9 Å². The number of amides is 2. The number of benzene rings is 3. The quantitative estimate of drug-likeness (QED) is 0.292. The van der Waals surface area contributed by atoms with Gasteiger partial charge >= 0.3 is 0 Å². The Bertz CT molecular complexity index is 1400. The normalized spacial score (nSPS) is 17.4. The molecule has 1 heterocycles. The zero-order valence-corrected chi connectivity index (χ0v) is 25.2. The third-order valence-electron chi connectivity index (χ3n) is 7.17. The van der Waals surface area contributed by atoms with Crippen LogP contribution in [0.15, 0.2) is 59.1 Å². The van der Waals surface area contributed by atoms with Gasteiger partial charge in [-0.2, -0.15) is 0 Å². The first-order chi connectivity index (χ1) is 19.0. The molecule has 2 amide bonds. The van der Waals surface area contributed by atoms with Crippen LogP contribution >= 0.6 is 15.9 Å². The maximum Gasteiger partial charge on any atom is 0.230 e. The monoisotopic (exact) mass is 610 g/mol. The summed E-state index contributed by atoms with van der Waals surface area (Å²) in [4.78, 5) is 29.1. The minimum Gasteiger partial charge on any atom is -0.505 e. The van der Waals surface area contributed by atoms with Crippen LogP contribution in [-0.4, -0.2) is 38.3 Å². The van der Waals surface area contributed by atoms with Crippen LogP contribution in [0.3, 0.4) is 0 Å². The van der Waals surface area contributed by atoms with Crippen molar-refractivity contribution in [3.63, 3.8) is 0 Å². The van der Waals surface area contributed by atoms with Gasteiger partial charge in [-0.3, -0.25) is 9.59 Å². The molecule has 0 bridgehead atoms. The third kappa shape index (κ3) is 5.89. The van der Waals surface area contributed by atoms with Crippen LogP contribution in [0.25, 0.3) is 0 Å². The van der Waals surface area contributed by atoms with Crippen molar-refractivity contribution >= 4 is 39.1 Å². The van der Waals surface area contributed by atoms with Crippen molar-refractivity contribution in [1.82, 2.24) is 0 Å². The number of anilines is 2. The molecule has 0 radical (unpaired) electrons. The van der Waals surface area contributed by atoms with Crippen molar-refractivity contribution in [3.05, 3.63) is 70.2 Å². The van der Waals surface area contributed by atoms with Gasteiger partial charge in [0, 0.05) is 22.1 Å². The van der Waals surface area contributed by atoms with Crippen molar-refractivity contribution in [3.8, 4) is 23.0 Å². The van der Waals surface area contributed by atoms with E-state index in [0.29, 0.717) is 40.6 Å². The highest BCUT2D eigenvalue weighted by Gasteiger charge is 2.42. The van der Waals surface area contributed by atoms with Crippen LogP contribution in [0, 0.1) is 5.92 Å². The number of nitrogens with one attached hydrogen (secondary N) is 1. The number of phenolic OH excluding ortho intramolecular Hbond substituents is 1. The van der Waals surface area contributed by atoms with Crippen LogP contribution in [0.4, 0.5) is 11.4 Å². The van der Waals surface area contributed by atoms with Gasteiger partial charge in [0.15, 0.2) is 11.5 Å². The Hall–Kier alpha value is -3.72. The minimum atomic E-state index is -0.647. The molecule has 2 N–H and O–H groups in total. The summed E-state index contributed by atoms with van der Waals surface area (Å²) in [6.07, 6.45) is 0.517. The highest BCUT2D eigenvalue weighted by Crippen LogP contribution is 2.44. The van der Waals surface area contributed by atoms with Gasteiger partial charge in [0.1, 0.15) is 11.5 Å². The first-order valence-corrected chi connectivity index (χ1v) is 13.8. The second kappa shape index (κ2) is 11.8. The number of carbonyl (C=O) groups is 2. The molecular weight excluding hydrogens is 576 g/mol. The number of piperidine rings is 1. The molecular formula is C31H35BrN2O6. The molecule has 40 heavy (non-hydrogen) atoms. The van der Waals surface area contributed by atoms with Crippen LogP contribution in [-0.2, 0) is 15.0 Å². The van der Waals surface area contributed by atoms with Crippen LogP contribution < -0.4 is 24.4 Å². The van der Waals surface area contributed by atoms with Crippen molar-refractivity contribution in [2.75, 3.05) is 31.5 Å². The average Bonchev–Trinajstić information content (AvgIpc) is 2.93. The molecule has 2 unspecified atom stereocenters. The number of ether oxygens (including phenoxy) is 3. The Labute approximate surface area is 243 Å². The number of phenols is 1. The molecule has 0 spiro atoms. The fourth-order valence-corrected chi connectivity index (χ4v) is 5.58. The summed E-state index contributed by atoms with van der Waals surface area (Å²) >= 11 is 3.51. The summed E-state index contributed by atoms with van der Waals surface area (Å²) in [7, 11) is 4.68. The first-order valence-electron chi connectivity index (χ1n) is 13.0. The standard InChI is InChI=1S/C31H35BrN2O6/c1-31(2,3)23-16-19(32)17-24(29(23)36)33-30(37)22-12-14-27(35)34(20-8-10-21(38-4)11-9-20)28(22)18-7-13-25(39-5)26(15-18)40-6/h7-11,13,15-17,22,28,36H,12,14H2,1-6H3,(H,33,37). The molecule has 0 aromatic heterocycles. The van der Waals surface area contributed by atoms with Gasteiger partial charge in [-0.15, -0.1) is 0 Å². The van der Waals surface area contributed by atoms with E-state index in [2.05, 4.69) is 21.2 Å². The lowest BCUT2D eigenvalue weighted by Gasteiger charge is -2.41. The maximum atomic E-state index is 14.0. The number of hydrogen-bond acceptors (Lipinski definition) is 6. The van der Waals surface area contributed by atoms with Gasteiger partial charge < -0.3 is 29.5 Å². The summed E-state index contributed by atoms with van der Waals surface area (Å²) in [6, 6.07) is 15.5. The molecule has 1 aliphatic heterocycles. The molecule has 1 fully saturated rings. The molecule has 1 saturated heterocycles. The Morgan fingerprint density at radius 1 is 0.975 bits per heavy atom. The van der Waals surface area contributed by atoms with Crippen molar-refractivity contribution < 1.29 is 28.9 Å². The summed E-state index contributed by atoms with van der Waals surface area (Å²) in [5.74, 6) is 0.670. The average molecular weight is 612 g/mol. The van der Waals surface area contributed by atoms with Gasteiger partial charge in [0.05, 0.1) is 39.0 Å². The Morgan fingerprint density at radius 3 is 2.25 bits per heavy atom. The number of hydrogen-bond donors (Lipinski definition) is 2. The molecule has 1 aliphatic rings. The third-order valence-corrected chi connectivity index (χ3v) is 7.63. The summed E-state index contributed by atoms with van der Waals surface area (Å²) in [5, 5.41) is 14.0. The van der Waals surface area contributed by atoms with E-state index in [1.807, 2.05) is 32.9 Å². The Balaban J connectivity index is 1.80. The SMILES string of the molecule is COc1ccc(N2C(=O)CCC(C(=O)Nc3cc(Br)cc(C(C)(C)C)c3O)C2c2ccc(OC)c(OC)c2)cc1. The van der Waals surface area contributed by atoms with E-state index in [4.69, 9.17) is 14.2 Å². The molecule has 212 valence electrons. The molecule has 8 nitrogen and oxygen atoms in total. The Morgan fingerprint density at radius 2 is 1.65 bits per heavy atom. The number of carbonyl (C=O) groups excluding carboxylic acids is 2. The summed E-state index contributed by atoms with van der Waals surface area (Å²) < 4.78 is 17.0. The lowest BCUT2D eigenvalue weighted by Crippen LogP contribution is -2.47. The predicted octanol–water partition coefficient (Wildman–Crippen LogP) is 6.60. The zero-order chi connectivity index (χ0) is 29.2. The van der Waals surface area contributed by atoms with E-state index in [1.165, 1.54) is 0 Å². The lowest BCUT2D eigenvalue weighted by molar-refractivity contribution is -0.126. The van der Waals surface area contributed by atoms with Gasteiger partial charge in [-0.25, -0.2) is 0 Å². The zero-order valence-electron chi connectivity index (χ0n) is 23.6. The van der Waals surface area contributed by atoms with Gasteiger partial charge in [-0.1, -0.05) is 42.8 Å². The van der Waals surface area contributed by atoms with Crippen molar-refractivity contribution in [2.24, 2.45) is 5.92 Å². The van der Waals surface area contributed by atoms with E-state index in [-0.39, 0.29) is 29.4 Å². The highest BCUT2D eigenvalue weighted by atomic mass is 79.9. The molecule has 2 atom stereocenters. The fraction of sp³-hybridized carbons (Fsp3) is 0.355. The molecule has 4 rings (SSSR count). The molecule has 0 aliphatic carbocycles. The van der Waals surface area contributed by atoms with E-state index in [0.717, 1.165) is 10.0 Å². The van der Waals surface area contributed by atoms with Crippen LogP contribution in [0.1, 0.15) is 50.8 Å². The van der Waals surface area contributed by atoms with Crippen molar-refractivity contribution in [1.29, 1.82) is 0 Å². The van der Waals surface area contributed by atoms with E-state index < -0.39 is 12.0 Å². The topological polar surface area (TPSA) is 97.3 Å². The second-order valence-electron chi connectivity index (χ2n) is 10.8. The maximum absolute atomic E-state index is 14.0. The first kappa shape index (κ1) is 29.3. The molecule has 0 saturated carbocycles. The lowest BCUT2D eigenvalue weighted by atomic mass is 9.82. The van der Waals surface area contributed by atoms with Gasteiger partial charge in [0.2, 0.25) is 11.8 Å². The largest absolute Gasteiger partial charge is 0.505 e. The number of methoxy groups -OCH3 is 3. The number of rotatable bonds is 7. The van der Waals surface area contributed by atoms with Gasteiger partial charge in [0.25, 0.3) is 0 Å². The van der Waals surface area contributed by atoms with E-state index in [9.17, 15) is 14.7 Å². The highest BCUT2D eigenvalue weighted by molar-refractivity contribution is 9.10. The number of nitrogens with zero attached hydrogens (tertiary/aromatic N) is 1. The van der Waals surface area contributed by atoms with Crippen LogP contribution in [0.2, 0.25) is 0 Å². The molecule has 3 aromatic carbocycles. The second-order valence-corrected chi connectivity index (χ2v) is 11.7. The summed E-state index contributed by atoms with van der Waals surface area (Å²) in [6.45, 7) is 5.98. The minimum absolute atomic E-state index is 0.0191. The fourth-order valence-electron chi connectivity index (χ4n) is 5.12. The van der Waals surface area contributed by atoms with Crippen LogP contribution in [0.5, 0.6) is 23.0 Å². The molecule has 3 aromatic rings. The smallest absolute Gasteiger partial charge is 0.230 e.